The minimum absolute atomic E-state index is 0.175. The highest BCUT2D eigenvalue weighted by atomic mass is 32.2. The molecule has 1 heterocycles. The minimum atomic E-state index is -0.766. The van der Waals surface area contributed by atoms with Gasteiger partial charge in [0.1, 0.15) is 0 Å². The normalized spacial score (nSPS) is 15.5. The van der Waals surface area contributed by atoms with Crippen molar-refractivity contribution in [1.82, 2.24) is 0 Å². The predicted octanol–water partition coefficient (Wildman–Crippen LogP) is 2.02. The Balaban J connectivity index is 2.45. The number of allylic oxidation sites excluding steroid dienone is 3. The van der Waals surface area contributed by atoms with Crippen molar-refractivity contribution in [3.63, 3.8) is 0 Å². The van der Waals surface area contributed by atoms with E-state index in [9.17, 15) is 4.79 Å². The van der Waals surface area contributed by atoms with Crippen LogP contribution < -0.4 is 0 Å². The number of hydrogen-bond donors (Lipinski definition) is 1. The molecular formula is C8H9NO2S. The fourth-order valence-electron chi connectivity index (χ4n) is 0.788. The average Bonchev–Trinajstić information content (AvgIpc) is 2.28. The Morgan fingerprint density at radius 3 is 3.25 bits per heavy atom. The van der Waals surface area contributed by atoms with E-state index in [0.717, 1.165) is 5.57 Å². The zero-order valence-corrected chi connectivity index (χ0v) is 7.25. The number of nitrogens with zero attached hydrogens (tertiary/aromatic N) is 1. The van der Waals surface area contributed by atoms with E-state index in [0.29, 0.717) is 6.42 Å². The lowest BCUT2D eigenvalue weighted by Gasteiger charge is -1.95. The van der Waals surface area contributed by atoms with Crippen LogP contribution in [-0.2, 0) is 4.79 Å². The largest absolute Gasteiger partial charge is 0.481 e. The van der Waals surface area contributed by atoms with Crippen molar-refractivity contribution < 1.29 is 9.90 Å². The third-order valence-corrected chi connectivity index (χ3v) is 1.88. The SMILES string of the molecule is O=C(O)CCC1=CC=NSC=C1. The summed E-state index contributed by atoms with van der Waals surface area (Å²) in [5, 5.41) is 10.3. The molecule has 0 saturated heterocycles. The highest BCUT2D eigenvalue weighted by Crippen LogP contribution is 2.13. The summed E-state index contributed by atoms with van der Waals surface area (Å²) in [4.78, 5) is 10.2. The summed E-state index contributed by atoms with van der Waals surface area (Å²) >= 11 is 1.34. The van der Waals surface area contributed by atoms with E-state index < -0.39 is 5.97 Å². The van der Waals surface area contributed by atoms with Crippen LogP contribution in [0.3, 0.4) is 0 Å². The van der Waals surface area contributed by atoms with E-state index in [1.54, 1.807) is 6.21 Å². The second-order valence-corrected chi connectivity index (χ2v) is 2.99. The molecule has 0 fully saturated rings. The number of carboxylic acid groups (broad SMARTS) is 1. The number of carboxylic acids is 1. The van der Waals surface area contributed by atoms with Gasteiger partial charge in [-0.3, -0.25) is 4.79 Å². The summed E-state index contributed by atoms with van der Waals surface area (Å²) in [6, 6.07) is 0. The summed E-state index contributed by atoms with van der Waals surface area (Å²) in [6.07, 6.45) is 6.15. The van der Waals surface area contributed by atoms with E-state index in [1.807, 2.05) is 17.6 Å². The first-order valence-corrected chi connectivity index (χ1v) is 4.39. The van der Waals surface area contributed by atoms with Gasteiger partial charge in [0.2, 0.25) is 0 Å². The molecule has 1 N–H and O–H groups in total. The Labute approximate surface area is 75.0 Å². The number of carbonyl (C=O) groups is 1. The van der Waals surface area contributed by atoms with Crippen LogP contribution in [0.2, 0.25) is 0 Å². The molecule has 0 aromatic carbocycles. The van der Waals surface area contributed by atoms with E-state index >= 15 is 0 Å². The van der Waals surface area contributed by atoms with Crippen LogP contribution >= 0.6 is 11.9 Å². The summed E-state index contributed by atoms with van der Waals surface area (Å²) in [6.45, 7) is 0. The van der Waals surface area contributed by atoms with E-state index in [2.05, 4.69) is 4.40 Å². The fourth-order valence-corrected chi connectivity index (χ4v) is 1.22. The van der Waals surface area contributed by atoms with Gasteiger partial charge >= 0.3 is 5.97 Å². The molecule has 64 valence electrons. The average molecular weight is 183 g/mol. The molecule has 0 radical (unpaired) electrons. The van der Waals surface area contributed by atoms with Crippen LogP contribution in [0.4, 0.5) is 0 Å². The van der Waals surface area contributed by atoms with Gasteiger partial charge in [-0.1, -0.05) is 6.08 Å². The van der Waals surface area contributed by atoms with Gasteiger partial charge in [-0.25, -0.2) is 4.40 Å². The van der Waals surface area contributed by atoms with Crippen molar-refractivity contribution in [2.24, 2.45) is 4.40 Å². The quantitative estimate of drug-likeness (QED) is 0.681. The van der Waals surface area contributed by atoms with E-state index in [1.165, 1.54) is 11.9 Å². The molecule has 1 aliphatic heterocycles. The van der Waals surface area contributed by atoms with Crippen LogP contribution in [0, 0.1) is 0 Å². The van der Waals surface area contributed by atoms with Gasteiger partial charge in [-0.2, -0.15) is 0 Å². The molecule has 0 atom stereocenters. The first-order valence-electron chi connectivity index (χ1n) is 3.56. The second kappa shape index (κ2) is 4.77. The molecule has 0 aromatic heterocycles. The maximum Gasteiger partial charge on any atom is 0.303 e. The summed E-state index contributed by atoms with van der Waals surface area (Å²) in [5.41, 5.74) is 1.01. The van der Waals surface area contributed by atoms with Crippen molar-refractivity contribution >= 4 is 24.1 Å². The standard InChI is InChI=1S/C8H9NO2S/c10-8(11)2-1-7-3-5-9-12-6-4-7/h3-6H,1-2H2,(H,10,11). The maximum atomic E-state index is 10.2. The topological polar surface area (TPSA) is 49.7 Å². The zero-order chi connectivity index (χ0) is 8.81. The van der Waals surface area contributed by atoms with Crippen molar-refractivity contribution in [3.8, 4) is 0 Å². The van der Waals surface area contributed by atoms with Gasteiger partial charge in [0, 0.05) is 24.6 Å². The molecule has 0 spiro atoms. The van der Waals surface area contributed by atoms with Gasteiger partial charge in [0.05, 0.1) is 0 Å². The molecule has 0 saturated carbocycles. The Morgan fingerprint density at radius 2 is 2.50 bits per heavy atom. The molecule has 1 rings (SSSR count). The van der Waals surface area contributed by atoms with Crippen molar-refractivity contribution in [2.75, 3.05) is 0 Å². The third-order valence-electron chi connectivity index (χ3n) is 1.38. The zero-order valence-electron chi connectivity index (χ0n) is 6.43. The van der Waals surface area contributed by atoms with Crippen molar-refractivity contribution in [3.05, 3.63) is 23.1 Å². The smallest absolute Gasteiger partial charge is 0.303 e. The van der Waals surface area contributed by atoms with Crippen LogP contribution in [-0.4, -0.2) is 17.3 Å². The number of hydrogen-bond acceptors (Lipinski definition) is 3. The molecule has 1 aliphatic rings. The Bertz CT molecular complexity index is 256. The monoisotopic (exact) mass is 183 g/mol. The molecule has 0 aromatic rings. The Morgan fingerprint density at radius 1 is 1.67 bits per heavy atom. The van der Waals surface area contributed by atoms with Gasteiger partial charge in [-0.15, -0.1) is 0 Å². The molecule has 0 aliphatic carbocycles. The highest BCUT2D eigenvalue weighted by molar-refractivity contribution is 8.01. The second-order valence-electron chi connectivity index (χ2n) is 2.30. The lowest BCUT2D eigenvalue weighted by molar-refractivity contribution is -0.136. The maximum absolute atomic E-state index is 10.2. The lowest BCUT2D eigenvalue weighted by Crippen LogP contribution is -1.94. The minimum Gasteiger partial charge on any atom is -0.481 e. The van der Waals surface area contributed by atoms with Crippen molar-refractivity contribution in [1.29, 1.82) is 0 Å². The summed E-state index contributed by atoms with van der Waals surface area (Å²) < 4.78 is 3.93. The molecule has 12 heavy (non-hydrogen) atoms. The predicted molar refractivity (Wildman–Crippen MR) is 50.2 cm³/mol. The first-order chi connectivity index (χ1) is 5.79. The van der Waals surface area contributed by atoms with E-state index in [4.69, 9.17) is 5.11 Å². The molecule has 0 amide bonds. The summed E-state index contributed by atoms with van der Waals surface area (Å²) in [7, 11) is 0. The van der Waals surface area contributed by atoms with Crippen LogP contribution in [0.5, 0.6) is 0 Å². The number of aliphatic carboxylic acids is 1. The summed E-state index contributed by atoms with van der Waals surface area (Å²) in [5.74, 6) is -0.766. The molecule has 0 unspecified atom stereocenters. The molecule has 3 nitrogen and oxygen atoms in total. The highest BCUT2D eigenvalue weighted by Gasteiger charge is 1.99. The third kappa shape index (κ3) is 3.39. The lowest BCUT2D eigenvalue weighted by atomic mass is 10.1. The Kier molecular flexibility index (Phi) is 3.60. The van der Waals surface area contributed by atoms with Gasteiger partial charge in [0.15, 0.2) is 0 Å². The Hall–Kier alpha value is -1.03. The molecule has 0 bridgehead atoms. The van der Waals surface area contributed by atoms with Gasteiger partial charge < -0.3 is 5.11 Å². The van der Waals surface area contributed by atoms with Gasteiger partial charge in [-0.05, 0) is 23.5 Å². The first kappa shape index (κ1) is 9.06. The molecular weight excluding hydrogens is 174 g/mol. The van der Waals surface area contributed by atoms with Crippen molar-refractivity contribution in [2.45, 2.75) is 12.8 Å². The van der Waals surface area contributed by atoms with Crippen LogP contribution in [0.15, 0.2) is 27.5 Å². The molecule has 4 heteroatoms. The van der Waals surface area contributed by atoms with Crippen LogP contribution in [0.1, 0.15) is 12.8 Å². The fraction of sp³-hybridized carbons (Fsp3) is 0.250. The van der Waals surface area contributed by atoms with E-state index in [-0.39, 0.29) is 6.42 Å². The van der Waals surface area contributed by atoms with Gasteiger partial charge in [0.25, 0.3) is 0 Å². The van der Waals surface area contributed by atoms with Crippen LogP contribution in [0.25, 0.3) is 0 Å². The number of rotatable bonds is 3.